The second-order valence-electron chi connectivity index (χ2n) is 11.4. The number of aromatic nitrogens is 1. The molecule has 42 heavy (non-hydrogen) atoms. The van der Waals surface area contributed by atoms with E-state index in [1.165, 1.54) is 69.8 Å². The number of piperidine rings is 2. The number of hydrogen-bond donors (Lipinski definition) is 1. The molecule has 1 aromatic heterocycles. The van der Waals surface area contributed by atoms with Crippen LogP contribution in [0, 0.1) is 5.92 Å². The summed E-state index contributed by atoms with van der Waals surface area (Å²) in [4.78, 5) is 20.0. The number of likely N-dealkylation sites (tertiary alicyclic amines) is 2. The fourth-order valence-electron chi connectivity index (χ4n) is 5.02. The second-order valence-corrected chi connectivity index (χ2v) is 11.4. The number of ether oxygens (including phenoxy) is 1. The topological polar surface area (TPSA) is 69.1 Å². The SMILES string of the molecule is CC.CC(CCc1cccnc1N(O)c1ccccc1)N1CCCCC1.CCOC(=O)CC(C)C.CN1CCCCC1. The van der Waals surface area contributed by atoms with Crippen molar-refractivity contribution < 1.29 is 14.7 Å². The molecule has 0 spiro atoms. The van der Waals surface area contributed by atoms with E-state index in [4.69, 9.17) is 4.74 Å². The van der Waals surface area contributed by atoms with Crippen molar-refractivity contribution in [2.45, 2.75) is 105 Å². The maximum Gasteiger partial charge on any atom is 0.306 e. The van der Waals surface area contributed by atoms with Crippen molar-refractivity contribution in [1.29, 1.82) is 0 Å². The van der Waals surface area contributed by atoms with Gasteiger partial charge in [-0.1, -0.05) is 64.8 Å². The number of pyridine rings is 1. The van der Waals surface area contributed by atoms with Gasteiger partial charge >= 0.3 is 5.97 Å². The summed E-state index contributed by atoms with van der Waals surface area (Å²) < 4.78 is 4.71. The molecule has 238 valence electrons. The van der Waals surface area contributed by atoms with Crippen LogP contribution < -0.4 is 5.06 Å². The van der Waals surface area contributed by atoms with Crippen LogP contribution in [0.5, 0.6) is 0 Å². The fraction of sp³-hybridized carbons (Fsp3) is 0.657. The van der Waals surface area contributed by atoms with Crippen molar-refractivity contribution in [3.8, 4) is 0 Å². The first kappa shape index (κ1) is 37.5. The van der Waals surface area contributed by atoms with Gasteiger partial charge in [0, 0.05) is 18.7 Å². The van der Waals surface area contributed by atoms with Crippen LogP contribution in [0.4, 0.5) is 11.5 Å². The largest absolute Gasteiger partial charge is 0.466 e. The molecule has 1 unspecified atom stereocenters. The molecule has 1 atom stereocenters. The second kappa shape index (κ2) is 23.0. The number of para-hydroxylation sites is 1. The molecular weight excluding hydrogens is 524 g/mol. The molecule has 7 nitrogen and oxygen atoms in total. The first-order chi connectivity index (χ1) is 20.3. The van der Waals surface area contributed by atoms with Crippen molar-refractivity contribution in [1.82, 2.24) is 14.8 Å². The minimum atomic E-state index is -0.0903. The third-order valence-electron chi connectivity index (χ3n) is 7.37. The lowest BCUT2D eigenvalue weighted by Gasteiger charge is -2.32. The van der Waals surface area contributed by atoms with Gasteiger partial charge in [0.25, 0.3) is 0 Å². The Morgan fingerprint density at radius 3 is 2.05 bits per heavy atom. The fourth-order valence-corrected chi connectivity index (χ4v) is 5.02. The molecular formula is C35H60N4O3. The van der Waals surface area contributed by atoms with E-state index in [-0.39, 0.29) is 5.97 Å². The van der Waals surface area contributed by atoms with E-state index in [0.717, 1.165) is 24.1 Å². The molecule has 2 aromatic rings. The van der Waals surface area contributed by atoms with Crippen LogP contribution in [0.15, 0.2) is 48.7 Å². The van der Waals surface area contributed by atoms with Crippen LogP contribution in [0.25, 0.3) is 0 Å². The average Bonchev–Trinajstić information content (AvgIpc) is 3.02. The minimum absolute atomic E-state index is 0.0903. The lowest BCUT2D eigenvalue weighted by Crippen LogP contribution is -2.37. The summed E-state index contributed by atoms with van der Waals surface area (Å²) in [6, 6.07) is 14.1. The number of esters is 1. The van der Waals surface area contributed by atoms with Crippen molar-refractivity contribution >= 4 is 17.5 Å². The molecule has 0 radical (unpaired) electrons. The van der Waals surface area contributed by atoms with Crippen LogP contribution >= 0.6 is 0 Å². The van der Waals surface area contributed by atoms with Crippen LogP contribution in [0.1, 0.15) is 98.5 Å². The monoisotopic (exact) mass is 584 g/mol. The van der Waals surface area contributed by atoms with Crippen LogP contribution in [0.2, 0.25) is 0 Å². The highest BCUT2D eigenvalue weighted by atomic mass is 16.5. The molecule has 4 rings (SSSR count). The van der Waals surface area contributed by atoms with E-state index < -0.39 is 0 Å². The number of rotatable bonds is 9. The molecule has 2 fully saturated rings. The summed E-state index contributed by atoms with van der Waals surface area (Å²) in [6.45, 7) is 17.7. The maximum absolute atomic E-state index is 10.6. The number of carbonyl (C=O) groups is 1. The van der Waals surface area contributed by atoms with E-state index in [1.807, 2.05) is 71.0 Å². The normalized spacial score (nSPS) is 16.0. The molecule has 0 bridgehead atoms. The Hall–Kier alpha value is -2.48. The number of anilines is 2. The standard InChI is InChI=1S/C20H27N3O.C7H14O2.C6H13N.C2H6/c1-17(22-15-6-3-7-16-22)12-13-18-9-8-14-21-20(18)23(24)19-10-4-2-5-11-19;1-4-9-7(8)5-6(2)3;1-7-5-3-2-4-6-7;1-2/h2,4-5,8-11,14,17,24H,3,6-7,12-13,15-16H2,1H3;6H,4-5H2,1-3H3;2-6H2,1H3;1-2H3. The van der Waals surface area contributed by atoms with Crippen molar-refractivity contribution in [3.63, 3.8) is 0 Å². The van der Waals surface area contributed by atoms with Gasteiger partial charge in [-0.15, -0.1) is 0 Å². The zero-order valence-corrected chi connectivity index (χ0v) is 27.7. The number of benzene rings is 1. The van der Waals surface area contributed by atoms with Gasteiger partial charge in [-0.05, 0) is 115 Å². The van der Waals surface area contributed by atoms with Gasteiger partial charge in [0.2, 0.25) is 0 Å². The highest BCUT2D eigenvalue weighted by Gasteiger charge is 2.18. The Kier molecular flexibility index (Phi) is 20.6. The molecule has 2 aliphatic rings. The summed E-state index contributed by atoms with van der Waals surface area (Å²) in [5.41, 5.74) is 1.83. The van der Waals surface area contributed by atoms with Gasteiger partial charge in [0.05, 0.1) is 12.3 Å². The van der Waals surface area contributed by atoms with Gasteiger partial charge in [-0.2, -0.15) is 0 Å². The molecule has 2 saturated heterocycles. The first-order valence-electron chi connectivity index (χ1n) is 16.4. The third-order valence-corrected chi connectivity index (χ3v) is 7.37. The number of nitrogens with zero attached hydrogens (tertiary/aromatic N) is 4. The maximum atomic E-state index is 10.6. The zero-order chi connectivity index (χ0) is 31.2. The summed E-state index contributed by atoms with van der Waals surface area (Å²) in [6.07, 6.45) is 12.6. The van der Waals surface area contributed by atoms with E-state index in [9.17, 15) is 10.0 Å². The van der Waals surface area contributed by atoms with Crippen LogP contribution in [-0.2, 0) is 16.0 Å². The van der Waals surface area contributed by atoms with Crippen LogP contribution in [0.3, 0.4) is 0 Å². The molecule has 0 amide bonds. The lowest BCUT2D eigenvalue weighted by molar-refractivity contribution is -0.143. The smallest absolute Gasteiger partial charge is 0.306 e. The quantitative estimate of drug-likeness (QED) is 0.236. The lowest BCUT2D eigenvalue weighted by atomic mass is 10.0. The summed E-state index contributed by atoms with van der Waals surface area (Å²) in [7, 11) is 2.19. The Balaban J connectivity index is 0.000000401. The molecule has 0 saturated carbocycles. The Labute approximate surface area is 257 Å². The van der Waals surface area contributed by atoms with Gasteiger partial charge < -0.3 is 14.5 Å². The average molecular weight is 585 g/mol. The highest BCUT2D eigenvalue weighted by molar-refractivity contribution is 5.69. The minimum Gasteiger partial charge on any atom is -0.466 e. The number of hydrogen-bond acceptors (Lipinski definition) is 7. The van der Waals surface area contributed by atoms with Crippen molar-refractivity contribution in [3.05, 3.63) is 54.2 Å². The molecule has 0 aliphatic carbocycles. The van der Waals surface area contributed by atoms with E-state index in [1.54, 1.807) is 6.20 Å². The summed E-state index contributed by atoms with van der Waals surface area (Å²) in [5.74, 6) is 0.950. The van der Waals surface area contributed by atoms with Gasteiger partial charge in [0.1, 0.15) is 0 Å². The Morgan fingerprint density at radius 1 is 0.929 bits per heavy atom. The van der Waals surface area contributed by atoms with E-state index in [2.05, 4.69) is 34.8 Å². The summed E-state index contributed by atoms with van der Waals surface area (Å²) >= 11 is 0. The van der Waals surface area contributed by atoms with E-state index >= 15 is 0 Å². The third kappa shape index (κ3) is 15.7. The van der Waals surface area contributed by atoms with E-state index in [0.29, 0.717) is 30.8 Å². The van der Waals surface area contributed by atoms with Crippen LogP contribution in [-0.4, -0.2) is 71.8 Å². The predicted octanol–water partition coefficient (Wildman–Crippen LogP) is 8.14. The molecule has 1 N–H and O–H groups in total. The number of aryl methyl sites for hydroxylation is 1. The number of carbonyl (C=O) groups excluding carboxylic acids is 1. The molecule has 3 heterocycles. The Morgan fingerprint density at radius 2 is 1.52 bits per heavy atom. The molecule has 1 aromatic carbocycles. The predicted molar refractivity (Wildman–Crippen MR) is 177 cm³/mol. The molecule has 7 heteroatoms. The van der Waals surface area contributed by atoms with Gasteiger partial charge in [-0.25, -0.2) is 10.0 Å². The Bertz CT molecular complexity index is 929. The summed E-state index contributed by atoms with van der Waals surface area (Å²) in [5, 5.41) is 11.7. The first-order valence-corrected chi connectivity index (χ1v) is 16.4. The van der Waals surface area contributed by atoms with Gasteiger partial charge in [0.15, 0.2) is 5.82 Å². The molecule has 2 aliphatic heterocycles. The zero-order valence-electron chi connectivity index (χ0n) is 27.7. The van der Waals surface area contributed by atoms with Gasteiger partial charge in [-0.3, -0.25) is 10.0 Å². The van der Waals surface area contributed by atoms with Crippen molar-refractivity contribution in [2.24, 2.45) is 5.92 Å². The highest BCUT2D eigenvalue weighted by Crippen LogP contribution is 2.26. The van der Waals surface area contributed by atoms with Crippen molar-refractivity contribution in [2.75, 3.05) is 44.9 Å².